The Labute approximate surface area is 235 Å². The van der Waals surface area contributed by atoms with Crippen molar-refractivity contribution in [2.24, 2.45) is 5.73 Å². The molecule has 0 aliphatic carbocycles. The highest BCUT2D eigenvalue weighted by Crippen LogP contribution is 2.19. The molecule has 0 radical (unpaired) electrons. The second-order valence-electron chi connectivity index (χ2n) is 9.60. The number of aliphatic carboxylic acids is 1. The molecule has 3 aromatic rings. The molecule has 3 amide bonds. The van der Waals surface area contributed by atoms with Crippen LogP contribution in [0.1, 0.15) is 25.1 Å². The van der Waals surface area contributed by atoms with Crippen molar-refractivity contribution in [3.05, 3.63) is 78.8 Å². The number of H-pyrrole nitrogens is 2. The van der Waals surface area contributed by atoms with Crippen LogP contribution in [0, 0.1) is 0 Å². The predicted octanol–water partition coefficient (Wildman–Crippen LogP) is 0.0573. The summed E-state index contributed by atoms with van der Waals surface area (Å²) in [4.78, 5) is 61.9. The predicted molar refractivity (Wildman–Crippen MR) is 149 cm³/mol. The number of nitrogens with zero attached hydrogens (tertiary/aromatic N) is 3. The Bertz CT molecular complexity index is 1450. The molecule has 0 saturated heterocycles. The van der Waals surface area contributed by atoms with Gasteiger partial charge in [-0.3, -0.25) is 19.8 Å². The first-order chi connectivity index (χ1) is 19.7. The number of fused-ring (bicyclic) bond motifs is 1. The third-order valence-corrected chi connectivity index (χ3v) is 6.61. The number of imidazole rings is 1. The molecule has 0 saturated carbocycles. The van der Waals surface area contributed by atoms with Crippen molar-refractivity contribution in [2.75, 3.05) is 0 Å². The van der Waals surface area contributed by atoms with Crippen LogP contribution in [0.4, 0.5) is 0 Å². The van der Waals surface area contributed by atoms with E-state index in [0.717, 1.165) is 21.5 Å². The maximum Gasteiger partial charge on any atom is 0.328 e. The normalized spacial score (nSPS) is 15.4. The van der Waals surface area contributed by atoms with Crippen molar-refractivity contribution in [3.8, 4) is 0 Å². The Kier molecular flexibility index (Phi) is 9.04. The minimum absolute atomic E-state index is 0.105. The van der Waals surface area contributed by atoms with E-state index >= 15 is 0 Å². The fourth-order valence-corrected chi connectivity index (χ4v) is 4.37. The van der Waals surface area contributed by atoms with E-state index in [1.807, 2.05) is 24.3 Å². The molecule has 4 atom stereocenters. The number of carbonyl (C=O) groups excluding carboxylic acids is 3. The number of para-hydroxylation sites is 1. The SMILES string of the molecule is C[C@H](NC(=O)[C@@H](Cc1c[nH]c2ccccc12)NC(=O)[C@@H](N)Cc1c[nH]cn1)C(=O)N([C@@H](C)C(=O)O)N1C=CC=CN1. The first-order valence-electron chi connectivity index (χ1n) is 13.0. The molecule has 14 heteroatoms. The fourth-order valence-electron chi connectivity index (χ4n) is 4.37. The molecule has 1 aliphatic heterocycles. The van der Waals surface area contributed by atoms with Crippen molar-refractivity contribution in [3.63, 3.8) is 0 Å². The van der Waals surface area contributed by atoms with Crippen LogP contribution in [-0.4, -0.2) is 78.0 Å². The lowest BCUT2D eigenvalue weighted by molar-refractivity contribution is -0.167. The highest BCUT2D eigenvalue weighted by atomic mass is 16.4. The van der Waals surface area contributed by atoms with E-state index < -0.39 is 47.9 Å². The number of aromatic amines is 2. The van der Waals surface area contributed by atoms with Gasteiger partial charge < -0.3 is 31.4 Å². The molecule has 216 valence electrons. The number of amides is 3. The Morgan fingerprint density at radius 3 is 2.54 bits per heavy atom. The summed E-state index contributed by atoms with van der Waals surface area (Å²) in [5.41, 5.74) is 11.1. The lowest BCUT2D eigenvalue weighted by atomic mass is 10.0. The van der Waals surface area contributed by atoms with E-state index in [-0.39, 0.29) is 12.8 Å². The van der Waals surface area contributed by atoms with Gasteiger partial charge in [0.15, 0.2) is 0 Å². The Balaban J connectivity index is 1.53. The number of carbonyl (C=O) groups is 4. The summed E-state index contributed by atoms with van der Waals surface area (Å²) in [6.45, 7) is 2.79. The quantitative estimate of drug-likeness (QED) is 0.159. The van der Waals surface area contributed by atoms with E-state index in [1.165, 1.54) is 37.7 Å². The average molecular weight is 564 g/mol. The van der Waals surface area contributed by atoms with Crippen LogP contribution in [0.15, 0.2) is 67.5 Å². The number of hydrazine groups is 2. The Morgan fingerprint density at radius 1 is 1.07 bits per heavy atom. The van der Waals surface area contributed by atoms with Crippen LogP contribution < -0.4 is 21.8 Å². The summed E-state index contributed by atoms with van der Waals surface area (Å²) < 4.78 is 0. The second-order valence-corrected chi connectivity index (χ2v) is 9.60. The highest BCUT2D eigenvalue weighted by Gasteiger charge is 2.35. The first kappa shape index (κ1) is 28.9. The minimum Gasteiger partial charge on any atom is -0.480 e. The number of hydrogen-bond donors (Lipinski definition) is 7. The van der Waals surface area contributed by atoms with Gasteiger partial charge in [-0.2, -0.15) is 5.12 Å². The van der Waals surface area contributed by atoms with Crippen molar-refractivity contribution in [1.82, 2.24) is 41.1 Å². The molecule has 1 aromatic carbocycles. The van der Waals surface area contributed by atoms with Crippen molar-refractivity contribution in [2.45, 2.75) is 50.9 Å². The number of nitrogens with two attached hydrogens (primary N) is 1. The van der Waals surface area contributed by atoms with Crippen LogP contribution in [0.2, 0.25) is 0 Å². The summed E-state index contributed by atoms with van der Waals surface area (Å²) >= 11 is 0. The lowest BCUT2D eigenvalue weighted by Crippen LogP contribution is -2.61. The average Bonchev–Trinajstić information content (AvgIpc) is 3.63. The van der Waals surface area contributed by atoms with Gasteiger partial charge in [-0.1, -0.05) is 18.2 Å². The van der Waals surface area contributed by atoms with Crippen molar-refractivity contribution in [1.29, 1.82) is 0 Å². The van der Waals surface area contributed by atoms with Gasteiger partial charge in [0, 0.05) is 48.5 Å². The van der Waals surface area contributed by atoms with E-state index in [4.69, 9.17) is 5.73 Å². The van der Waals surface area contributed by atoms with E-state index in [2.05, 4.69) is 31.0 Å². The summed E-state index contributed by atoms with van der Waals surface area (Å²) in [6.07, 6.45) is 11.4. The molecular formula is C27H33N9O5. The molecular weight excluding hydrogens is 530 g/mol. The number of benzene rings is 1. The van der Waals surface area contributed by atoms with Gasteiger partial charge in [-0.25, -0.2) is 14.8 Å². The zero-order valence-electron chi connectivity index (χ0n) is 22.6. The van der Waals surface area contributed by atoms with Gasteiger partial charge >= 0.3 is 5.97 Å². The van der Waals surface area contributed by atoms with Gasteiger partial charge in [0.1, 0.15) is 18.1 Å². The van der Waals surface area contributed by atoms with Gasteiger partial charge in [-0.15, -0.1) is 0 Å². The maximum absolute atomic E-state index is 13.6. The van der Waals surface area contributed by atoms with E-state index in [9.17, 15) is 24.3 Å². The van der Waals surface area contributed by atoms with E-state index in [0.29, 0.717) is 5.69 Å². The summed E-state index contributed by atoms with van der Waals surface area (Å²) in [5, 5.41) is 18.1. The smallest absolute Gasteiger partial charge is 0.328 e. The fraction of sp³-hybridized carbons (Fsp3) is 0.296. The van der Waals surface area contributed by atoms with Crippen molar-refractivity contribution < 1.29 is 24.3 Å². The molecule has 3 heterocycles. The topological polar surface area (TPSA) is 202 Å². The Morgan fingerprint density at radius 2 is 1.85 bits per heavy atom. The molecule has 41 heavy (non-hydrogen) atoms. The van der Waals surface area contributed by atoms with Crippen LogP contribution in [0.3, 0.4) is 0 Å². The zero-order chi connectivity index (χ0) is 29.5. The monoisotopic (exact) mass is 563 g/mol. The summed E-state index contributed by atoms with van der Waals surface area (Å²) in [6, 6.07) is 3.05. The number of hydrogen-bond acceptors (Lipinski definition) is 8. The Hall–Kier alpha value is -5.11. The number of carboxylic acids is 1. The summed E-state index contributed by atoms with van der Waals surface area (Å²) in [7, 11) is 0. The molecule has 0 spiro atoms. The number of allylic oxidation sites excluding steroid dienone is 2. The van der Waals surface area contributed by atoms with Gasteiger partial charge in [0.05, 0.1) is 18.1 Å². The van der Waals surface area contributed by atoms with Gasteiger partial charge in [0.25, 0.3) is 5.91 Å². The lowest BCUT2D eigenvalue weighted by Gasteiger charge is -2.38. The maximum atomic E-state index is 13.6. The molecule has 0 bridgehead atoms. The van der Waals surface area contributed by atoms with Gasteiger partial charge in [0.2, 0.25) is 11.8 Å². The minimum atomic E-state index is -1.26. The third kappa shape index (κ3) is 6.91. The standard InChI is InChI=1S/C27H33N9O5/c1-16(26(39)36(17(2)27(40)41)35-10-6-5-9-32-35)33-25(38)23(11-18-13-30-22-8-4-3-7-20(18)22)34-24(37)21(28)12-19-14-29-15-31-19/h3-10,13-17,21,23,30,32H,11-12,28H2,1-2H3,(H,29,31)(H,33,38)(H,34,37)(H,40,41)/t16-,17-,21-,23+/m0/s1. The van der Waals surface area contributed by atoms with Crippen LogP contribution in [0.25, 0.3) is 10.9 Å². The second kappa shape index (κ2) is 12.8. The van der Waals surface area contributed by atoms with Gasteiger partial charge in [-0.05, 0) is 37.6 Å². The molecule has 1 aliphatic rings. The van der Waals surface area contributed by atoms with Crippen molar-refractivity contribution >= 4 is 34.6 Å². The number of nitrogens with one attached hydrogen (secondary N) is 5. The molecule has 4 rings (SSSR count). The molecule has 0 fully saturated rings. The van der Waals surface area contributed by atoms with Crippen LogP contribution in [0.5, 0.6) is 0 Å². The van der Waals surface area contributed by atoms with E-state index in [1.54, 1.807) is 24.5 Å². The molecule has 14 nitrogen and oxygen atoms in total. The third-order valence-electron chi connectivity index (χ3n) is 6.61. The summed E-state index contributed by atoms with van der Waals surface area (Å²) in [5.74, 6) is -3.13. The zero-order valence-corrected chi connectivity index (χ0v) is 22.6. The number of rotatable bonds is 12. The van der Waals surface area contributed by atoms with Crippen LogP contribution >= 0.6 is 0 Å². The highest BCUT2D eigenvalue weighted by molar-refractivity contribution is 5.94. The molecule has 0 unspecified atom stereocenters. The van der Waals surface area contributed by atoms with Crippen LogP contribution in [-0.2, 0) is 32.0 Å². The number of aromatic nitrogens is 3. The molecule has 2 aromatic heterocycles. The molecule has 8 N–H and O–H groups in total. The first-order valence-corrected chi connectivity index (χ1v) is 13.0. The largest absolute Gasteiger partial charge is 0.480 e. The number of carboxylic acid groups (broad SMARTS) is 1.